The molecule has 1 aromatic heterocycles. The van der Waals surface area contributed by atoms with E-state index in [9.17, 15) is 4.79 Å². The Morgan fingerprint density at radius 2 is 1.75 bits per heavy atom. The lowest BCUT2D eigenvalue weighted by Crippen LogP contribution is -1.99. The highest BCUT2D eigenvalue weighted by Crippen LogP contribution is 2.28. The first-order valence-electron chi connectivity index (χ1n) is 7.52. The molecular formula is C19H17NO3S. The molecule has 0 radical (unpaired) electrons. The maximum atomic E-state index is 10.7. The number of rotatable bonds is 5. The minimum atomic E-state index is -0.871. The lowest BCUT2D eigenvalue weighted by molar-refractivity contribution is -0.136. The molecule has 0 atom stereocenters. The first-order chi connectivity index (χ1) is 11.5. The van der Waals surface area contributed by atoms with Crippen molar-refractivity contribution >= 4 is 17.3 Å². The third-order valence-corrected chi connectivity index (χ3v) is 4.36. The molecule has 0 fully saturated rings. The zero-order valence-corrected chi connectivity index (χ0v) is 14.3. The van der Waals surface area contributed by atoms with Gasteiger partial charge in [-0.2, -0.15) is 0 Å². The quantitative estimate of drug-likeness (QED) is 0.722. The monoisotopic (exact) mass is 339 g/mol. The number of aliphatic carboxylic acids is 1. The van der Waals surface area contributed by atoms with Crippen LogP contribution in [0, 0.1) is 13.8 Å². The summed E-state index contributed by atoms with van der Waals surface area (Å²) in [5, 5.41) is 11.4. The van der Waals surface area contributed by atoms with Crippen LogP contribution >= 0.6 is 11.3 Å². The number of nitrogens with zero attached hydrogens (tertiary/aromatic N) is 1. The average Bonchev–Trinajstić information content (AvgIpc) is 2.94. The van der Waals surface area contributed by atoms with Crippen LogP contribution in [-0.4, -0.2) is 16.1 Å². The Morgan fingerprint density at radius 3 is 2.38 bits per heavy atom. The number of aromatic nitrogens is 1. The summed E-state index contributed by atoms with van der Waals surface area (Å²) < 4.78 is 5.89. The zero-order chi connectivity index (χ0) is 17.1. The maximum Gasteiger partial charge on any atom is 0.309 e. The van der Waals surface area contributed by atoms with Gasteiger partial charge in [0, 0.05) is 10.9 Å². The van der Waals surface area contributed by atoms with E-state index in [4.69, 9.17) is 9.84 Å². The summed E-state index contributed by atoms with van der Waals surface area (Å²) in [4.78, 5) is 15.1. The molecule has 2 aromatic carbocycles. The molecule has 0 bridgehead atoms. The molecular weight excluding hydrogens is 322 g/mol. The SMILES string of the molecule is Cc1cc(C)cc(Oc2ccc(-c3nc(CC(=O)O)cs3)cc2)c1. The van der Waals surface area contributed by atoms with Crippen LogP contribution in [0.2, 0.25) is 0 Å². The van der Waals surface area contributed by atoms with Crippen LogP contribution in [0.5, 0.6) is 11.5 Å². The number of carboxylic acids is 1. The molecule has 0 aliphatic carbocycles. The predicted molar refractivity (Wildman–Crippen MR) is 94.9 cm³/mol. The van der Waals surface area contributed by atoms with Gasteiger partial charge in [0.2, 0.25) is 0 Å². The maximum absolute atomic E-state index is 10.7. The Bertz CT molecular complexity index is 848. The van der Waals surface area contributed by atoms with Crippen LogP contribution in [0.15, 0.2) is 47.8 Å². The van der Waals surface area contributed by atoms with E-state index in [1.54, 1.807) is 5.38 Å². The summed E-state index contributed by atoms with van der Waals surface area (Å²) in [6.07, 6.45) is -0.0512. The summed E-state index contributed by atoms with van der Waals surface area (Å²) in [5.74, 6) is 0.702. The van der Waals surface area contributed by atoms with Gasteiger partial charge in [-0.15, -0.1) is 11.3 Å². The van der Waals surface area contributed by atoms with Crippen LogP contribution in [-0.2, 0) is 11.2 Å². The van der Waals surface area contributed by atoms with E-state index in [0.717, 1.165) is 33.2 Å². The molecule has 0 aliphatic heterocycles. The summed E-state index contributed by atoms with van der Waals surface area (Å²) in [6.45, 7) is 4.08. The molecule has 1 N–H and O–H groups in total. The van der Waals surface area contributed by atoms with E-state index in [0.29, 0.717) is 5.69 Å². The van der Waals surface area contributed by atoms with Gasteiger partial charge in [0.05, 0.1) is 12.1 Å². The molecule has 4 nitrogen and oxygen atoms in total. The first-order valence-corrected chi connectivity index (χ1v) is 8.40. The molecule has 1 heterocycles. The van der Waals surface area contributed by atoms with Crippen LogP contribution in [0.25, 0.3) is 10.6 Å². The minimum absolute atomic E-state index is 0.0512. The van der Waals surface area contributed by atoms with Crippen LogP contribution in [0.1, 0.15) is 16.8 Å². The Kier molecular flexibility index (Phi) is 4.62. The van der Waals surface area contributed by atoms with Crippen molar-refractivity contribution in [2.45, 2.75) is 20.3 Å². The number of thiazole rings is 1. The van der Waals surface area contributed by atoms with Crippen molar-refractivity contribution in [1.82, 2.24) is 4.98 Å². The van der Waals surface area contributed by atoms with E-state index >= 15 is 0 Å². The molecule has 122 valence electrons. The average molecular weight is 339 g/mol. The molecule has 24 heavy (non-hydrogen) atoms. The summed E-state index contributed by atoms with van der Waals surface area (Å²) >= 11 is 1.44. The second-order valence-electron chi connectivity index (χ2n) is 5.66. The predicted octanol–water partition coefficient (Wildman–Crippen LogP) is 4.85. The Labute approximate surface area is 144 Å². The molecule has 0 saturated heterocycles. The zero-order valence-electron chi connectivity index (χ0n) is 13.4. The summed E-state index contributed by atoms with van der Waals surface area (Å²) in [7, 11) is 0. The number of benzene rings is 2. The lowest BCUT2D eigenvalue weighted by atomic mass is 10.1. The van der Waals surface area contributed by atoms with E-state index in [-0.39, 0.29) is 6.42 Å². The van der Waals surface area contributed by atoms with Crippen molar-refractivity contribution in [3.8, 4) is 22.1 Å². The van der Waals surface area contributed by atoms with Gasteiger partial charge in [-0.3, -0.25) is 4.79 Å². The van der Waals surface area contributed by atoms with Crippen LogP contribution in [0.4, 0.5) is 0 Å². The van der Waals surface area contributed by atoms with Gasteiger partial charge < -0.3 is 9.84 Å². The summed E-state index contributed by atoms with van der Waals surface area (Å²) in [6, 6.07) is 13.8. The fourth-order valence-electron chi connectivity index (χ4n) is 2.47. The van der Waals surface area contributed by atoms with E-state index in [1.165, 1.54) is 11.3 Å². The molecule has 3 rings (SSSR count). The highest BCUT2D eigenvalue weighted by molar-refractivity contribution is 7.13. The largest absolute Gasteiger partial charge is 0.481 e. The van der Waals surface area contributed by atoms with Crippen molar-refractivity contribution in [1.29, 1.82) is 0 Å². The van der Waals surface area contributed by atoms with Gasteiger partial charge in [0.1, 0.15) is 16.5 Å². The Balaban J connectivity index is 1.75. The van der Waals surface area contributed by atoms with Gasteiger partial charge in [0.25, 0.3) is 0 Å². The van der Waals surface area contributed by atoms with Gasteiger partial charge in [0.15, 0.2) is 0 Å². The van der Waals surface area contributed by atoms with Crippen molar-refractivity contribution in [3.05, 3.63) is 64.7 Å². The fourth-order valence-corrected chi connectivity index (χ4v) is 3.29. The van der Waals surface area contributed by atoms with Gasteiger partial charge >= 0.3 is 5.97 Å². The normalized spacial score (nSPS) is 10.6. The number of carbonyl (C=O) groups is 1. The van der Waals surface area contributed by atoms with Crippen molar-refractivity contribution in [3.63, 3.8) is 0 Å². The van der Waals surface area contributed by atoms with Gasteiger partial charge in [-0.1, -0.05) is 6.07 Å². The third-order valence-electron chi connectivity index (χ3n) is 3.42. The minimum Gasteiger partial charge on any atom is -0.481 e. The third kappa shape index (κ3) is 4.00. The van der Waals surface area contributed by atoms with Crippen molar-refractivity contribution < 1.29 is 14.6 Å². The molecule has 0 amide bonds. The van der Waals surface area contributed by atoms with Gasteiger partial charge in [-0.05, 0) is 61.4 Å². The second kappa shape index (κ2) is 6.84. The van der Waals surface area contributed by atoms with E-state index < -0.39 is 5.97 Å². The molecule has 0 spiro atoms. The van der Waals surface area contributed by atoms with Crippen LogP contribution in [0.3, 0.4) is 0 Å². The molecule has 3 aromatic rings. The standard InChI is InChI=1S/C19H17NO3S/c1-12-7-13(2)9-17(8-12)23-16-5-3-14(4-6-16)19-20-15(11-24-19)10-18(21)22/h3-9,11H,10H2,1-2H3,(H,21,22). The number of aryl methyl sites for hydroxylation is 2. The second-order valence-corrected chi connectivity index (χ2v) is 6.52. The fraction of sp³-hybridized carbons (Fsp3) is 0.158. The van der Waals surface area contributed by atoms with E-state index in [2.05, 4.69) is 11.1 Å². The topological polar surface area (TPSA) is 59.4 Å². The van der Waals surface area contributed by atoms with E-state index in [1.807, 2.05) is 50.2 Å². The molecule has 0 unspecified atom stereocenters. The number of carboxylic acid groups (broad SMARTS) is 1. The van der Waals surface area contributed by atoms with Crippen LogP contribution < -0.4 is 4.74 Å². The molecule has 5 heteroatoms. The van der Waals surface area contributed by atoms with Crippen molar-refractivity contribution in [2.75, 3.05) is 0 Å². The number of ether oxygens (including phenoxy) is 1. The first kappa shape index (κ1) is 16.2. The highest BCUT2D eigenvalue weighted by Gasteiger charge is 2.08. The smallest absolute Gasteiger partial charge is 0.309 e. The highest BCUT2D eigenvalue weighted by atomic mass is 32.1. The molecule has 0 saturated carbocycles. The van der Waals surface area contributed by atoms with Gasteiger partial charge in [-0.25, -0.2) is 4.98 Å². The Morgan fingerprint density at radius 1 is 1.08 bits per heavy atom. The molecule has 0 aliphatic rings. The lowest BCUT2D eigenvalue weighted by Gasteiger charge is -2.08. The summed E-state index contributed by atoms with van der Waals surface area (Å²) in [5.41, 5.74) is 3.85. The van der Waals surface area contributed by atoms with Crippen molar-refractivity contribution in [2.24, 2.45) is 0 Å². The number of hydrogen-bond acceptors (Lipinski definition) is 4. The number of hydrogen-bond donors (Lipinski definition) is 1. The Hall–Kier alpha value is -2.66.